The van der Waals surface area contributed by atoms with Gasteiger partial charge in [0, 0.05) is 29.5 Å². The molecule has 5 nitrogen and oxygen atoms in total. The molecule has 1 aliphatic heterocycles. The second-order valence-electron chi connectivity index (χ2n) is 5.84. The molecule has 0 radical (unpaired) electrons. The van der Waals surface area contributed by atoms with Crippen molar-refractivity contribution in [1.82, 2.24) is 5.01 Å². The summed E-state index contributed by atoms with van der Waals surface area (Å²) in [4.78, 5) is 12.1. The highest BCUT2D eigenvalue weighted by molar-refractivity contribution is 6.31. The van der Waals surface area contributed by atoms with Crippen molar-refractivity contribution >= 4 is 23.2 Å². The van der Waals surface area contributed by atoms with E-state index in [0.717, 1.165) is 5.56 Å². The van der Waals surface area contributed by atoms with E-state index in [1.54, 1.807) is 32.4 Å². The number of rotatable bonds is 4. The topological polar surface area (TPSA) is 51.1 Å². The first-order valence-corrected chi connectivity index (χ1v) is 8.37. The number of halogens is 2. The van der Waals surface area contributed by atoms with Gasteiger partial charge in [-0.2, -0.15) is 5.10 Å². The van der Waals surface area contributed by atoms with Gasteiger partial charge in [0.25, 0.3) is 0 Å². The minimum absolute atomic E-state index is 0.267. The van der Waals surface area contributed by atoms with Crippen molar-refractivity contribution in [3.05, 3.63) is 58.4 Å². The van der Waals surface area contributed by atoms with Crippen LogP contribution in [0.5, 0.6) is 11.5 Å². The average molecular weight is 377 g/mol. The minimum atomic E-state index is -0.593. The summed E-state index contributed by atoms with van der Waals surface area (Å²) in [5.41, 5.74) is 1.68. The predicted octanol–water partition coefficient (Wildman–Crippen LogP) is 4.19. The van der Waals surface area contributed by atoms with E-state index < -0.39 is 11.9 Å². The molecule has 2 aromatic carbocycles. The van der Waals surface area contributed by atoms with Crippen LogP contribution in [0.3, 0.4) is 0 Å². The minimum Gasteiger partial charge on any atom is -0.493 e. The van der Waals surface area contributed by atoms with Gasteiger partial charge in [-0.25, -0.2) is 9.40 Å². The van der Waals surface area contributed by atoms with Gasteiger partial charge in [0.15, 0.2) is 11.5 Å². The molecule has 136 valence electrons. The molecule has 1 aliphatic rings. The lowest BCUT2D eigenvalue weighted by Gasteiger charge is -2.21. The van der Waals surface area contributed by atoms with Gasteiger partial charge in [0.2, 0.25) is 5.91 Å². The number of carbonyl (C=O) groups is 1. The predicted molar refractivity (Wildman–Crippen MR) is 97.4 cm³/mol. The fourth-order valence-electron chi connectivity index (χ4n) is 3.04. The molecule has 0 bridgehead atoms. The summed E-state index contributed by atoms with van der Waals surface area (Å²) in [6, 6.07) is 9.23. The molecule has 0 saturated heterocycles. The lowest BCUT2D eigenvalue weighted by atomic mass is 9.97. The zero-order chi connectivity index (χ0) is 18.8. The molecule has 0 aliphatic carbocycles. The van der Waals surface area contributed by atoms with Crippen LogP contribution in [0.4, 0.5) is 4.39 Å². The van der Waals surface area contributed by atoms with Gasteiger partial charge < -0.3 is 9.47 Å². The molecule has 1 heterocycles. The molecule has 0 aromatic heterocycles. The highest BCUT2D eigenvalue weighted by Crippen LogP contribution is 2.38. The summed E-state index contributed by atoms with van der Waals surface area (Å²) in [5.74, 6) is 0.392. The van der Waals surface area contributed by atoms with Crippen LogP contribution in [0, 0.1) is 5.82 Å². The van der Waals surface area contributed by atoms with Crippen molar-refractivity contribution in [1.29, 1.82) is 0 Å². The normalized spacial score (nSPS) is 16.4. The Balaban J connectivity index is 2.01. The zero-order valence-electron chi connectivity index (χ0n) is 14.6. The Morgan fingerprint density at radius 1 is 1.23 bits per heavy atom. The van der Waals surface area contributed by atoms with Crippen LogP contribution in [-0.4, -0.2) is 30.8 Å². The van der Waals surface area contributed by atoms with Crippen molar-refractivity contribution in [2.45, 2.75) is 19.4 Å². The van der Waals surface area contributed by atoms with Crippen LogP contribution >= 0.6 is 11.6 Å². The van der Waals surface area contributed by atoms with Gasteiger partial charge in [-0.15, -0.1) is 0 Å². The first kappa shape index (κ1) is 18.2. The van der Waals surface area contributed by atoms with Gasteiger partial charge in [-0.1, -0.05) is 17.7 Å². The number of ether oxygens (including phenoxy) is 2. The lowest BCUT2D eigenvalue weighted by Crippen LogP contribution is -2.25. The Morgan fingerprint density at radius 3 is 2.58 bits per heavy atom. The second-order valence-corrected chi connectivity index (χ2v) is 6.24. The van der Waals surface area contributed by atoms with Crippen molar-refractivity contribution in [3.8, 4) is 11.5 Å². The number of amides is 1. The summed E-state index contributed by atoms with van der Waals surface area (Å²) >= 11 is 6.20. The smallest absolute Gasteiger partial charge is 0.240 e. The van der Waals surface area contributed by atoms with Gasteiger partial charge in [0.05, 0.1) is 26.0 Å². The summed E-state index contributed by atoms with van der Waals surface area (Å²) in [6.45, 7) is 1.39. The molecule has 3 rings (SSSR count). The number of hydrogen-bond acceptors (Lipinski definition) is 4. The fourth-order valence-corrected chi connectivity index (χ4v) is 3.33. The highest BCUT2D eigenvalue weighted by Gasteiger charge is 2.34. The fraction of sp³-hybridized carbons (Fsp3) is 0.263. The van der Waals surface area contributed by atoms with Crippen molar-refractivity contribution in [2.75, 3.05) is 14.2 Å². The van der Waals surface area contributed by atoms with E-state index in [9.17, 15) is 9.18 Å². The van der Waals surface area contributed by atoms with Crippen molar-refractivity contribution < 1.29 is 18.7 Å². The molecular weight excluding hydrogens is 359 g/mol. The Bertz CT molecular complexity index is 865. The van der Waals surface area contributed by atoms with Crippen molar-refractivity contribution in [3.63, 3.8) is 0 Å². The van der Waals surface area contributed by atoms with E-state index in [-0.39, 0.29) is 16.5 Å². The van der Waals surface area contributed by atoms with E-state index in [2.05, 4.69) is 5.10 Å². The first-order valence-electron chi connectivity index (χ1n) is 7.99. The quantitative estimate of drug-likeness (QED) is 0.803. The maximum atomic E-state index is 14.4. The van der Waals surface area contributed by atoms with E-state index in [1.165, 1.54) is 24.1 Å². The van der Waals surface area contributed by atoms with E-state index >= 15 is 0 Å². The third-order valence-electron chi connectivity index (χ3n) is 4.28. The van der Waals surface area contributed by atoms with Crippen LogP contribution in [0.2, 0.25) is 5.02 Å². The van der Waals surface area contributed by atoms with Gasteiger partial charge in [-0.05, 0) is 30.3 Å². The van der Waals surface area contributed by atoms with E-state index in [0.29, 0.717) is 23.6 Å². The SMILES string of the molecule is COc1ccc(C2=NN(C(C)=O)C(c3c(F)cccc3Cl)C2)cc1OC. The standard InChI is InChI=1S/C19H18ClFN2O3/c1-11(24)23-16(19-13(20)5-4-6-14(19)21)10-15(22-23)12-7-8-17(25-2)18(9-12)26-3/h4-9,16H,10H2,1-3H3. The summed E-state index contributed by atoms with van der Waals surface area (Å²) in [6.07, 6.45) is 0.343. The zero-order valence-corrected chi connectivity index (χ0v) is 15.4. The Kier molecular flexibility index (Phi) is 5.13. The molecule has 0 N–H and O–H groups in total. The maximum Gasteiger partial charge on any atom is 0.240 e. The molecule has 1 amide bonds. The number of benzene rings is 2. The Hall–Kier alpha value is -2.60. The average Bonchev–Trinajstić information content (AvgIpc) is 3.06. The monoisotopic (exact) mass is 376 g/mol. The lowest BCUT2D eigenvalue weighted by molar-refractivity contribution is -0.130. The molecule has 1 atom stereocenters. The second kappa shape index (κ2) is 7.33. The van der Waals surface area contributed by atoms with Gasteiger partial charge >= 0.3 is 0 Å². The third-order valence-corrected chi connectivity index (χ3v) is 4.61. The van der Waals surface area contributed by atoms with Gasteiger partial charge in [-0.3, -0.25) is 4.79 Å². The number of carbonyl (C=O) groups excluding carboxylic acids is 1. The molecule has 1 unspecified atom stereocenters. The third kappa shape index (κ3) is 3.24. The summed E-state index contributed by atoms with van der Waals surface area (Å²) < 4.78 is 24.9. The van der Waals surface area contributed by atoms with Crippen LogP contribution in [0.1, 0.15) is 30.5 Å². The van der Waals surface area contributed by atoms with Gasteiger partial charge in [0.1, 0.15) is 5.82 Å². The molecule has 0 spiro atoms. The molecule has 7 heteroatoms. The number of nitrogens with zero attached hydrogens (tertiary/aromatic N) is 2. The van der Waals surface area contributed by atoms with Crippen LogP contribution < -0.4 is 9.47 Å². The summed E-state index contributed by atoms with van der Waals surface area (Å²) in [5, 5.41) is 5.95. The molecular formula is C19H18ClFN2O3. The van der Waals surface area contributed by atoms with E-state index in [4.69, 9.17) is 21.1 Å². The molecule has 2 aromatic rings. The number of hydrazone groups is 1. The Labute approximate surface area is 156 Å². The van der Waals surface area contributed by atoms with Crippen molar-refractivity contribution in [2.24, 2.45) is 5.10 Å². The molecule has 26 heavy (non-hydrogen) atoms. The maximum absolute atomic E-state index is 14.4. The molecule has 0 fully saturated rings. The first-order chi connectivity index (χ1) is 12.5. The summed E-state index contributed by atoms with van der Waals surface area (Å²) in [7, 11) is 3.10. The van der Waals surface area contributed by atoms with Crippen LogP contribution in [0.15, 0.2) is 41.5 Å². The largest absolute Gasteiger partial charge is 0.493 e. The number of hydrogen-bond donors (Lipinski definition) is 0. The highest BCUT2D eigenvalue weighted by atomic mass is 35.5. The Morgan fingerprint density at radius 2 is 1.96 bits per heavy atom. The molecule has 0 saturated carbocycles. The van der Waals surface area contributed by atoms with Crippen LogP contribution in [0.25, 0.3) is 0 Å². The van der Waals surface area contributed by atoms with Crippen LogP contribution in [-0.2, 0) is 4.79 Å². The van der Waals surface area contributed by atoms with E-state index in [1.807, 2.05) is 6.07 Å². The number of methoxy groups -OCH3 is 2.